The molecule has 5 rings (SSSR count). The van der Waals surface area contributed by atoms with Crippen molar-refractivity contribution in [2.24, 2.45) is 0 Å². The van der Waals surface area contributed by atoms with Crippen LogP contribution in [0.4, 0.5) is 17.1 Å². The van der Waals surface area contributed by atoms with Crippen molar-refractivity contribution in [3.63, 3.8) is 0 Å². The first-order valence-corrected chi connectivity index (χ1v) is 13.1. The highest BCUT2D eigenvalue weighted by Gasteiger charge is 2.52. The Morgan fingerprint density at radius 2 is 1.88 bits per heavy atom. The predicted octanol–water partition coefficient (Wildman–Crippen LogP) is 4.22. The summed E-state index contributed by atoms with van der Waals surface area (Å²) in [5.74, 6) is 1.75. The van der Waals surface area contributed by atoms with Crippen molar-refractivity contribution in [3.8, 4) is 0 Å². The molecule has 7 nitrogen and oxygen atoms in total. The summed E-state index contributed by atoms with van der Waals surface area (Å²) in [6.45, 7) is 3.96. The van der Waals surface area contributed by atoms with Gasteiger partial charge in [0.15, 0.2) is 0 Å². The van der Waals surface area contributed by atoms with Gasteiger partial charge in [0.2, 0.25) is 11.8 Å². The topological polar surface area (TPSA) is 73.0 Å². The molecule has 3 aliphatic rings. The number of para-hydroxylation sites is 1. The number of nitrogens with one attached hydrogen (secondary N) is 1. The molecule has 3 amide bonds. The van der Waals surface area contributed by atoms with Crippen LogP contribution in [0.3, 0.4) is 0 Å². The molecule has 0 radical (unpaired) electrons. The van der Waals surface area contributed by atoms with Crippen LogP contribution in [0.1, 0.15) is 36.5 Å². The van der Waals surface area contributed by atoms with Gasteiger partial charge in [-0.3, -0.25) is 19.3 Å². The van der Waals surface area contributed by atoms with Crippen LogP contribution in [0, 0.1) is 0 Å². The second kappa shape index (κ2) is 9.15. The lowest BCUT2D eigenvalue weighted by molar-refractivity contribution is -0.117. The smallest absolute Gasteiger partial charge is 0.257 e. The minimum atomic E-state index is -0.768. The van der Waals surface area contributed by atoms with Gasteiger partial charge in [0.25, 0.3) is 5.91 Å². The summed E-state index contributed by atoms with van der Waals surface area (Å²) in [7, 11) is 0. The van der Waals surface area contributed by atoms with Crippen molar-refractivity contribution in [1.82, 2.24) is 4.90 Å². The summed E-state index contributed by atoms with van der Waals surface area (Å²) in [5, 5.41) is 3.57. The third kappa shape index (κ3) is 4.03. The molecular weight excluding hydrogens is 472 g/mol. The molecule has 2 aromatic carbocycles. The minimum absolute atomic E-state index is 0.000153. The number of fused-ring (bicyclic) bond motifs is 3. The van der Waals surface area contributed by atoms with Crippen LogP contribution in [0.15, 0.2) is 42.5 Å². The van der Waals surface area contributed by atoms with Crippen molar-refractivity contribution in [1.29, 1.82) is 0 Å². The van der Waals surface area contributed by atoms with Crippen molar-refractivity contribution in [2.75, 3.05) is 46.3 Å². The van der Waals surface area contributed by atoms with Gasteiger partial charge < -0.3 is 15.1 Å². The maximum atomic E-state index is 13.4. The maximum absolute atomic E-state index is 13.4. The maximum Gasteiger partial charge on any atom is 0.257 e. The zero-order chi connectivity index (χ0) is 23.9. The highest BCUT2D eigenvalue weighted by molar-refractivity contribution is 7.99. The molecule has 0 bridgehead atoms. The molecule has 0 spiro atoms. The van der Waals surface area contributed by atoms with E-state index in [4.69, 9.17) is 11.6 Å². The van der Waals surface area contributed by atoms with Crippen molar-refractivity contribution < 1.29 is 14.4 Å². The van der Waals surface area contributed by atoms with E-state index in [9.17, 15) is 14.4 Å². The van der Waals surface area contributed by atoms with Gasteiger partial charge >= 0.3 is 0 Å². The van der Waals surface area contributed by atoms with Gasteiger partial charge in [-0.15, -0.1) is 0 Å². The number of carbonyl (C=O) groups is 3. The summed E-state index contributed by atoms with van der Waals surface area (Å²) >= 11 is 8.16. The molecule has 0 unspecified atom stereocenters. The Balaban J connectivity index is 1.34. The van der Waals surface area contributed by atoms with Crippen LogP contribution in [0.5, 0.6) is 0 Å². The predicted molar refractivity (Wildman–Crippen MR) is 137 cm³/mol. The van der Waals surface area contributed by atoms with E-state index < -0.39 is 5.66 Å². The zero-order valence-corrected chi connectivity index (χ0v) is 20.6. The van der Waals surface area contributed by atoms with E-state index >= 15 is 0 Å². The average Bonchev–Trinajstić information content (AvgIpc) is 3.14. The van der Waals surface area contributed by atoms with Crippen LogP contribution in [0.2, 0.25) is 5.02 Å². The quantitative estimate of drug-likeness (QED) is 0.668. The Hall–Kier alpha value is -2.71. The van der Waals surface area contributed by atoms with Crippen molar-refractivity contribution >= 4 is 58.1 Å². The monoisotopic (exact) mass is 498 g/mol. The molecule has 1 atom stereocenters. The van der Waals surface area contributed by atoms with E-state index in [2.05, 4.69) is 10.2 Å². The standard InChI is InChI=1S/C25H27ClN4O3S/c1-25-10-8-23(32)30(25)20-5-3-2-4-18(20)24(33)29(25)11-9-22(31)27-19-16-17(26)6-7-21(19)28-12-14-34-15-13-28/h2-7,16H,8-15H2,1H3,(H,27,31)/t25-/m1/s1. The third-order valence-corrected chi connectivity index (χ3v) is 8.07. The number of nitrogens with zero attached hydrogens (tertiary/aromatic N) is 3. The largest absolute Gasteiger partial charge is 0.368 e. The van der Waals surface area contributed by atoms with Crippen molar-refractivity contribution in [3.05, 3.63) is 53.1 Å². The molecule has 0 aliphatic carbocycles. The second-order valence-electron chi connectivity index (χ2n) is 8.98. The molecule has 34 heavy (non-hydrogen) atoms. The van der Waals surface area contributed by atoms with Gasteiger partial charge in [0, 0.05) is 49.0 Å². The van der Waals surface area contributed by atoms with E-state index in [1.54, 1.807) is 28.0 Å². The summed E-state index contributed by atoms with van der Waals surface area (Å²) < 4.78 is 0. The zero-order valence-electron chi connectivity index (χ0n) is 19.1. The summed E-state index contributed by atoms with van der Waals surface area (Å²) in [5.41, 5.74) is 2.02. The van der Waals surface area contributed by atoms with E-state index in [-0.39, 0.29) is 30.7 Å². The Morgan fingerprint density at radius 1 is 1.12 bits per heavy atom. The first-order valence-electron chi connectivity index (χ1n) is 11.5. The lowest BCUT2D eigenvalue weighted by Gasteiger charge is -2.48. The molecule has 2 fully saturated rings. The fraction of sp³-hybridized carbons (Fsp3) is 0.400. The number of carbonyl (C=O) groups excluding carboxylic acids is 3. The van der Waals surface area contributed by atoms with Crippen LogP contribution >= 0.6 is 23.4 Å². The van der Waals surface area contributed by atoms with Crippen LogP contribution < -0.4 is 15.1 Å². The molecular formula is C25H27ClN4O3S. The Bertz CT molecular complexity index is 1150. The molecule has 1 N–H and O–H groups in total. The number of rotatable bonds is 5. The highest BCUT2D eigenvalue weighted by Crippen LogP contribution is 2.44. The number of benzene rings is 2. The van der Waals surface area contributed by atoms with E-state index in [1.165, 1.54) is 0 Å². The Labute approximate surface area is 208 Å². The molecule has 2 aromatic rings. The summed E-state index contributed by atoms with van der Waals surface area (Å²) in [6.07, 6.45) is 1.03. The summed E-state index contributed by atoms with van der Waals surface area (Å²) in [6, 6.07) is 12.8. The number of thioether (sulfide) groups is 1. The number of hydrogen-bond donors (Lipinski definition) is 1. The fourth-order valence-corrected chi connectivity index (χ4v) is 6.23. The average molecular weight is 499 g/mol. The SMILES string of the molecule is C[C@]12CCC(=O)N1c1ccccc1C(=O)N2CCC(=O)Nc1cc(Cl)ccc1N1CCSCC1. The number of halogens is 1. The molecule has 178 valence electrons. The molecule has 3 heterocycles. The molecule has 0 saturated carbocycles. The van der Waals surface area contributed by atoms with Gasteiger partial charge in [0.05, 0.1) is 22.6 Å². The third-order valence-electron chi connectivity index (χ3n) is 6.89. The van der Waals surface area contributed by atoms with E-state index in [1.807, 2.05) is 43.0 Å². The van der Waals surface area contributed by atoms with Gasteiger partial charge in [0.1, 0.15) is 5.66 Å². The van der Waals surface area contributed by atoms with E-state index in [0.29, 0.717) is 34.8 Å². The Kier molecular flexibility index (Phi) is 6.20. The Morgan fingerprint density at radius 3 is 2.68 bits per heavy atom. The van der Waals surface area contributed by atoms with Crippen molar-refractivity contribution in [2.45, 2.75) is 31.8 Å². The molecule has 3 aliphatic heterocycles. The molecule has 2 saturated heterocycles. The van der Waals surface area contributed by atoms with Crippen LogP contribution in [-0.2, 0) is 9.59 Å². The normalized spacial score (nSPS) is 22.0. The first-order chi connectivity index (χ1) is 16.4. The number of amides is 3. The lowest BCUT2D eigenvalue weighted by Crippen LogP contribution is -2.62. The van der Waals surface area contributed by atoms with Gasteiger partial charge in [-0.1, -0.05) is 23.7 Å². The van der Waals surface area contributed by atoms with Gasteiger partial charge in [-0.25, -0.2) is 0 Å². The number of hydrogen-bond acceptors (Lipinski definition) is 5. The van der Waals surface area contributed by atoms with Crippen LogP contribution in [0.25, 0.3) is 0 Å². The first kappa shape index (κ1) is 23.1. The molecule has 9 heteroatoms. The highest BCUT2D eigenvalue weighted by atomic mass is 35.5. The van der Waals surface area contributed by atoms with Gasteiger partial charge in [-0.2, -0.15) is 11.8 Å². The van der Waals surface area contributed by atoms with Crippen LogP contribution in [-0.4, -0.2) is 59.4 Å². The minimum Gasteiger partial charge on any atom is -0.368 e. The second-order valence-corrected chi connectivity index (χ2v) is 10.6. The number of anilines is 3. The van der Waals surface area contributed by atoms with E-state index in [0.717, 1.165) is 30.3 Å². The summed E-state index contributed by atoms with van der Waals surface area (Å²) in [4.78, 5) is 44.8. The molecule has 0 aromatic heterocycles. The lowest BCUT2D eigenvalue weighted by atomic mass is 9.98. The fourth-order valence-electron chi connectivity index (χ4n) is 5.16. The van der Waals surface area contributed by atoms with Gasteiger partial charge in [-0.05, 0) is 43.7 Å².